The molecule has 0 spiro atoms. The van der Waals surface area contributed by atoms with Crippen LogP contribution in [0.25, 0.3) is 0 Å². The molecule has 112 valence electrons. The number of rotatable bonds is 5. The molecule has 1 atom stereocenters. The van der Waals surface area contributed by atoms with E-state index in [1.807, 2.05) is 6.07 Å². The van der Waals surface area contributed by atoms with Gasteiger partial charge in [0, 0.05) is 19.6 Å². The Morgan fingerprint density at radius 1 is 1.30 bits per heavy atom. The van der Waals surface area contributed by atoms with Crippen molar-refractivity contribution >= 4 is 10.0 Å². The van der Waals surface area contributed by atoms with Gasteiger partial charge in [-0.15, -0.1) is 0 Å². The third kappa shape index (κ3) is 2.90. The van der Waals surface area contributed by atoms with Crippen LogP contribution in [-0.4, -0.2) is 25.8 Å². The lowest BCUT2D eigenvalue weighted by molar-refractivity contribution is 0.453. The zero-order chi connectivity index (χ0) is 14.8. The molecule has 1 fully saturated rings. The van der Waals surface area contributed by atoms with Crippen LogP contribution in [0.15, 0.2) is 23.1 Å². The van der Waals surface area contributed by atoms with Crippen LogP contribution in [-0.2, 0) is 23.0 Å². The summed E-state index contributed by atoms with van der Waals surface area (Å²) < 4.78 is 26.9. The Balaban J connectivity index is 2.30. The SMILES string of the molecule is CCc1ccc(S(=O)(=O)N2CCC(CC)C2)cc1CN. The first kappa shape index (κ1) is 15.5. The third-order valence-corrected chi connectivity index (χ3v) is 6.10. The highest BCUT2D eigenvalue weighted by Gasteiger charge is 2.31. The predicted octanol–water partition coefficient (Wildman–Crippen LogP) is 2.13. The van der Waals surface area contributed by atoms with Crippen LogP contribution < -0.4 is 5.73 Å². The molecule has 1 aliphatic heterocycles. The number of benzene rings is 1. The van der Waals surface area contributed by atoms with E-state index in [0.29, 0.717) is 30.4 Å². The fraction of sp³-hybridized carbons (Fsp3) is 0.600. The average Bonchev–Trinajstić information content (AvgIpc) is 2.96. The van der Waals surface area contributed by atoms with Gasteiger partial charge in [-0.2, -0.15) is 4.31 Å². The lowest BCUT2D eigenvalue weighted by atomic mass is 10.1. The van der Waals surface area contributed by atoms with Crippen LogP contribution in [0.4, 0.5) is 0 Å². The molecule has 4 nitrogen and oxygen atoms in total. The Hall–Kier alpha value is -0.910. The van der Waals surface area contributed by atoms with Crippen molar-refractivity contribution in [3.8, 4) is 0 Å². The number of aryl methyl sites for hydroxylation is 1. The van der Waals surface area contributed by atoms with Gasteiger partial charge in [-0.25, -0.2) is 8.42 Å². The fourth-order valence-corrected chi connectivity index (χ4v) is 4.38. The topological polar surface area (TPSA) is 63.4 Å². The van der Waals surface area contributed by atoms with E-state index >= 15 is 0 Å². The Kier molecular flexibility index (Phi) is 4.83. The molecule has 20 heavy (non-hydrogen) atoms. The highest BCUT2D eigenvalue weighted by Crippen LogP contribution is 2.27. The molecular formula is C15H24N2O2S. The number of hydrogen-bond acceptors (Lipinski definition) is 3. The van der Waals surface area contributed by atoms with Gasteiger partial charge in [0.2, 0.25) is 10.0 Å². The van der Waals surface area contributed by atoms with Crippen molar-refractivity contribution in [2.24, 2.45) is 11.7 Å². The second kappa shape index (κ2) is 6.24. The van der Waals surface area contributed by atoms with Crippen molar-refractivity contribution in [2.75, 3.05) is 13.1 Å². The van der Waals surface area contributed by atoms with Gasteiger partial charge in [-0.1, -0.05) is 26.3 Å². The molecule has 0 radical (unpaired) electrons. The molecule has 0 aliphatic carbocycles. The number of hydrogen-bond donors (Lipinski definition) is 1. The summed E-state index contributed by atoms with van der Waals surface area (Å²) in [5, 5.41) is 0. The second-order valence-corrected chi connectivity index (χ2v) is 7.35. The zero-order valence-corrected chi connectivity index (χ0v) is 13.1. The van der Waals surface area contributed by atoms with Crippen molar-refractivity contribution in [1.29, 1.82) is 0 Å². The van der Waals surface area contributed by atoms with E-state index in [2.05, 4.69) is 13.8 Å². The van der Waals surface area contributed by atoms with Crippen molar-refractivity contribution < 1.29 is 8.42 Å². The molecule has 0 bridgehead atoms. The first-order chi connectivity index (χ1) is 9.52. The number of sulfonamides is 1. The minimum absolute atomic E-state index is 0.379. The van der Waals surface area contributed by atoms with Crippen LogP contribution in [0, 0.1) is 5.92 Å². The summed E-state index contributed by atoms with van der Waals surface area (Å²) >= 11 is 0. The van der Waals surface area contributed by atoms with E-state index in [1.54, 1.807) is 16.4 Å². The summed E-state index contributed by atoms with van der Waals surface area (Å²) in [6.45, 7) is 5.82. The van der Waals surface area contributed by atoms with E-state index in [1.165, 1.54) is 0 Å². The van der Waals surface area contributed by atoms with Gasteiger partial charge in [-0.3, -0.25) is 0 Å². The maximum Gasteiger partial charge on any atom is 0.243 e. The van der Waals surface area contributed by atoms with Crippen molar-refractivity contribution in [2.45, 2.75) is 44.6 Å². The zero-order valence-electron chi connectivity index (χ0n) is 12.3. The van der Waals surface area contributed by atoms with E-state index in [4.69, 9.17) is 5.73 Å². The maximum absolute atomic E-state index is 12.6. The van der Waals surface area contributed by atoms with Crippen molar-refractivity contribution in [3.05, 3.63) is 29.3 Å². The van der Waals surface area contributed by atoms with Gasteiger partial charge in [0.25, 0.3) is 0 Å². The molecule has 1 aromatic rings. The van der Waals surface area contributed by atoms with E-state index in [-0.39, 0.29) is 0 Å². The molecule has 1 heterocycles. The average molecular weight is 296 g/mol. The quantitative estimate of drug-likeness (QED) is 0.905. The highest BCUT2D eigenvalue weighted by molar-refractivity contribution is 7.89. The lowest BCUT2D eigenvalue weighted by Gasteiger charge is -2.17. The molecule has 0 amide bonds. The van der Waals surface area contributed by atoms with Gasteiger partial charge in [-0.05, 0) is 42.0 Å². The molecule has 0 saturated carbocycles. The summed E-state index contributed by atoms with van der Waals surface area (Å²) in [7, 11) is -3.36. The first-order valence-corrected chi connectivity index (χ1v) is 8.78. The minimum Gasteiger partial charge on any atom is -0.326 e. The number of nitrogens with two attached hydrogens (primary N) is 1. The van der Waals surface area contributed by atoms with Crippen LogP contribution in [0.5, 0.6) is 0 Å². The molecule has 2 rings (SSSR count). The highest BCUT2D eigenvalue weighted by atomic mass is 32.2. The largest absolute Gasteiger partial charge is 0.326 e. The Morgan fingerprint density at radius 3 is 2.60 bits per heavy atom. The predicted molar refractivity (Wildman–Crippen MR) is 80.9 cm³/mol. The molecule has 0 aromatic heterocycles. The molecule has 1 unspecified atom stereocenters. The van der Waals surface area contributed by atoms with Crippen LogP contribution in [0.3, 0.4) is 0 Å². The monoisotopic (exact) mass is 296 g/mol. The Labute approximate surface area is 122 Å². The summed E-state index contributed by atoms with van der Waals surface area (Å²) in [5.41, 5.74) is 7.78. The van der Waals surface area contributed by atoms with Gasteiger partial charge in [0.15, 0.2) is 0 Å². The maximum atomic E-state index is 12.6. The molecule has 1 aromatic carbocycles. The third-order valence-electron chi connectivity index (χ3n) is 4.24. The molecule has 5 heteroatoms. The van der Waals surface area contributed by atoms with Crippen molar-refractivity contribution in [1.82, 2.24) is 4.31 Å². The first-order valence-electron chi connectivity index (χ1n) is 7.34. The Bertz CT molecular complexity index is 569. The fourth-order valence-electron chi connectivity index (χ4n) is 2.80. The summed E-state index contributed by atoms with van der Waals surface area (Å²) in [5.74, 6) is 0.494. The van der Waals surface area contributed by atoms with E-state index in [9.17, 15) is 8.42 Å². The summed E-state index contributed by atoms with van der Waals surface area (Å²) in [6.07, 6.45) is 2.87. The normalized spacial score (nSPS) is 20.4. The van der Waals surface area contributed by atoms with Crippen molar-refractivity contribution in [3.63, 3.8) is 0 Å². The summed E-state index contributed by atoms with van der Waals surface area (Å²) in [4.78, 5) is 0.381. The van der Waals surface area contributed by atoms with Gasteiger partial charge in [0.05, 0.1) is 4.90 Å². The van der Waals surface area contributed by atoms with Crippen LogP contribution in [0.2, 0.25) is 0 Å². The standard InChI is InChI=1S/C15H24N2O2S/c1-3-12-7-8-17(11-12)20(18,19)15-6-5-13(4-2)14(9-15)10-16/h5-6,9,12H,3-4,7-8,10-11,16H2,1-2H3. The minimum atomic E-state index is -3.36. The lowest BCUT2D eigenvalue weighted by Crippen LogP contribution is -2.29. The van der Waals surface area contributed by atoms with Crippen LogP contribution in [0.1, 0.15) is 37.8 Å². The van der Waals surface area contributed by atoms with E-state index < -0.39 is 10.0 Å². The number of nitrogens with zero attached hydrogens (tertiary/aromatic N) is 1. The van der Waals surface area contributed by atoms with Gasteiger partial charge in [0.1, 0.15) is 0 Å². The van der Waals surface area contributed by atoms with Gasteiger partial charge >= 0.3 is 0 Å². The summed E-state index contributed by atoms with van der Waals surface area (Å²) in [6, 6.07) is 5.35. The van der Waals surface area contributed by atoms with Gasteiger partial charge < -0.3 is 5.73 Å². The molecule has 1 aliphatic rings. The van der Waals surface area contributed by atoms with Crippen LogP contribution >= 0.6 is 0 Å². The molecule has 2 N–H and O–H groups in total. The smallest absolute Gasteiger partial charge is 0.243 e. The molecule has 1 saturated heterocycles. The molecular weight excluding hydrogens is 272 g/mol. The van der Waals surface area contributed by atoms with E-state index in [0.717, 1.165) is 30.4 Å². The second-order valence-electron chi connectivity index (χ2n) is 5.41. The Morgan fingerprint density at radius 2 is 2.05 bits per heavy atom.